The molecule has 0 bridgehead atoms. The average molecular weight is 299 g/mol. The fourth-order valence-electron chi connectivity index (χ4n) is 1.52. The predicted molar refractivity (Wildman–Crippen MR) is 68.7 cm³/mol. The molecule has 0 aromatic carbocycles. The second-order valence-electron chi connectivity index (χ2n) is 4.18. The Bertz CT molecular complexity index is 515. The van der Waals surface area contributed by atoms with E-state index < -0.39 is 23.9 Å². The molecule has 10 heteroatoms. The van der Waals surface area contributed by atoms with E-state index >= 15 is 0 Å². The summed E-state index contributed by atoms with van der Waals surface area (Å²) in [5.74, 6) is -2.33. The van der Waals surface area contributed by atoms with Gasteiger partial charge in [-0.25, -0.2) is 9.48 Å². The summed E-state index contributed by atoms with van der Waals surface area (Å²) in [6.45, 7) is 0.00744. The molecule has 1 heterocycles. The number of amides is 1. The number of hydrogen-bond acceptors (Lipinski definition) is 7. The van der Waals surface area contributed by atoms with E-state index in [9.17, 15) is 14.4 Å². The van der Waals surface area contributed by atoms with Crippen LogP contribution < -0.4 is 11.1 Å². The third kappa shape index (κ3) is 5.57. The molecule has 116 valence electrons. The summed E-state index contributed by atoms with van der Waals surface area (Å²) >= 11 is 0. The van der Waals surface area contributed by atoms with Crippen LogP contribution in [0, 0.1) is 0 Å². The summed E-state index contributed by atoms with van der Waals surface area (Å²) in [6, 6.07) is -1.17. The van der Waals surface area contributed by atoms with E-state index in [2.05, 4.69) is 20.4 Å². The smallest absolute Gasteiger partial charge is 0.326 e. The van der Waals surface area contributed by atoms with Gasteiger partial charge < -0.3 is 20.9 Å². The van der Waals surface area contributed by atoms with Crippen molar-refractivity contribution in [1.29, 1.82) is 0 Å². The number of nitrogens with zero attached hydrogens (tertiary/aromatic N) is 3. The number of nitrogens with two attached hydrogens (primary N) is 1. The summed E-state index contributed by atoms with van der Waals surface area (Å²) in [6.07, 6.45) is 1.33. The molecule has 1 rings (SSSR count). The van der Waals surface area contributed by atoms with Crippen molar-refractivity contribution in [2.45, 2.75) is 32.0 Å². The largest absolute Gasteiger partial charge is 0.480 e. The normalized spacial score (nSPS) is 11.7. The highest BCUT2D eigenvalue weighted by Crippen LogP contribution is 2.00. The van der Waals surface area contributed by atoms with Gasteiger partial charge in [-0.05, 0) is 6.42 Å². The number of methoxy groups -OCH3 is 1. The predicted octanol–water partition coefficient (Wildman–Crippen LogP) is -1.74. The lowest BCUT2D eigenvalue weighted by molar-refractivity contribution is -0.144. The summed E-state index contributed by atoms with van der Waals surface area (Å²) < 4.78 is 5.66. The molecule has 1 aromatic rings. The number of aromatic nitrogens is 3. The lowest BCUT2D eigenvalue weighted by Gasteiger charge is -2.13. The number of aliphatic carboxylic acids is 1. The van der Waals surface area contributed by atoms with Crippen LogP contribution in [0.2, 0.25) is 0 Å². The number of hydrogen-bond donors (Lipinski definition) is 3. The summed E-state index contributed by atoms with van der Waals surface area (Å²) in [5.41, 5.74) is 5.87. The molecule has 0 aliphatic heterocycles. The summed E-state index contributed by atoms with van der Waals surface area (Å²) in [4.78, 5) is 33.7. The first kappa shape index (κ1) is 16.6. The van der Waals surface area contributed by atoms with Gasteiger partial charge in [0.25, 0.3) is 0 Å². The zero-order valence-electron chi connectivity index (χ0n) is 11.5. The van der Waals surface area contributed by atoms with E-state index in [4.69, 9.17) is 10.8 Å². The topological polar surface area (TPSA) is 149 Å². The summed E-state index contributed by atoms with van der Waals surface area (Å²) in [5, 5.41) is 18.7. The van der Waals surface area contributed by atoms with Crippen LogP contribution in [0.15, 0.2) is 6.20 Å². The minimum atomic E-state index is -1.23. The van der Waals surface area contributed by atoms with Crippen LogP contribution in [0.1, 0.15) is 18.5 Å². The number of nitrogens with one attached hydrogen (secondary N) is 1. The molecular formula is C11H17N5O5. The fraction of sp³-hybridized carbons (Fsp3) is 0.545. The lowest BCUT2D eigenvalue weighted by Crippen LogP contribution is -2.42. The monoisotopic (exact) mass is 299 g/mol. The number of rotatable bonds is 8. The van der Waals surface area contributed by atoms with Crippen LogP contribution in [0.3, 0.4) is 0 Å². The van der Waals surface area contributed by atoms with E-state index in [-0.39, 0.29) is 25.9 Å². The molecular weight excluding hydrogens is 282 g/mol. The molecule has 0 saturated carbocycles. The first-order valence-corrected chi connectivity index (χ1v) is 6.14. The molecule has 0 aliphatic carbocycles. The Morgan fingerprint density at radius 2 is 2.24 bits per heavy atom. The lowest BCUT2D eigenvalue weighted by atomic mass is 10.1. The number of ether oxygens (including phenoxy) is 1. The number of carboxylic acid groups (broad SMARTS) is 1. The molecule has 1 atom stereocenters. The van der Waals surface area contributed by atoms with E-state index in [1.165, 1.54) is 18.0 Å². The standard InChI is InChI=1S/C11H17N5O5/c1-21-10(18)3-2-8(11(19)20)13-9(17)6-16-5-7(4-12)14-15-16/h5,8H,2-4,6,12H2,1H3,(H,13,17)(H,19,20)/t8-/m1/s1. The van der Waals surface area contributed by atoms with Gasteiger partial charge in [0.05, 0.1) is 19.0 Å². The SMILES string of the molecule is COC(=O)CC[C@@H](NC(=O)Cn1cc(CN)nn1)C(=O)O. The van der Waals surface area contributed by atoms with Gasteiger partial charge in [0.2, 0.25) is 5.91 Å². The van der Waals surface area contributed by atoms with Gasteiger partial charge in [-0.1, -0.05) is 5.21 Å². The molecule has 10 nitrogen and oxygen atoms in total. The van der Waals surface area contributed by atoms with Crippen molar-refractivity contribution in [3.05, 3.63) is 11.9 Å². The molecule has 0 saturated heterocycles. The van der Waals surface area contributed by atoms with E-state index in [1.54, 1.807) is 0 Å². The zero-order valence-corrected chi connectivity index (χ0v) is 11.5. The number of carboxylic acids is 1. The fourth-order valence-corrected chi connectivity index (χ4v) is 1.52. The maximum atomic E-state index is 11.7. The third-order valence-corrected chi connectivity index (χ3v) is 2.60. The van der Waals surface area contributed by atoms with Crippen LogP contribution >= 0.6 is 0 Å². The van der Waals surface area contributed by atoms with Crippen molar-refractivity contribution in [2.75, 3.05) is 7.11 Å². The second-order valence-corrected chi connectivity index (χ2v) is 4.18. The van der Waals surface area contributed by atoms with Crippen molar-refractivity contribution in [2.24, 2.45) is 5.73 Å². The maximum absolute atomic E-state index is 11.7. The van der Waals surface area contributed by atoms with Gasteiger partial charge >= 0.3 is 11.9 Å². The van der Waals surface area contributed by atoms with Gasteiger partial charge in [-0.3, -0.25) is 9.59 Å². The third-order valence-electron chi connectivity index (χ3n) is 2.60. The molecule has 0 radical (unpaired) electrons. The van der Waals surface area contributed by atoms with E-state index in [1.807, 2.05) is 0 Å². The highest BCUT2D eigenvalue weighted by Gasteiger charge is 2.21. The van der Waals surface area contributed by atoms with E-state index in [0.717, 1.165) is 0 Å². The van der Waals surface area contributed by atoms with Gasteiger partial charge in [0.1, 0.15) is 12.6 Å². The minimum Gasteiger partial charge on any atom is -0.480 e. The van der Waals surface area contributed by atoms with Gasteiger partial charge in [-0.2, -0.15) is 0 Å². The van der Waals surface area contributed by atoms with Crippen LogP contribution in [0.5, 0.6) is 0 Å². The highest BCUT2D eigenvalue weighted by atomic mass is 16.5. The van der Waals surface area contributed by atoms with Crippen LogP contribution in [-0.4, -0.2) is 51.1 Å². The molecule has 4 N–H and O–H groups in total. The van der Waals surface area contributed by atoms with E-state index in [0.29, 0.717) is 5.69 Å². The minimum absolute atomic E-state index is 0.0564. The van der Waals surface area contributed by atoms with Crippen molar-refractivity contribution in [3.8, 4) is 0 Å². The number of carbonyl (C=O) groups excluding carboxylic acids is 2. The number of carbonyl (C=O) groups is 3. The van der Waals surface area contributed by atoms with Gasteiger partial charge in [0.15, 0.2) is 0 Å². The van der Waals surface area contributed by atoms with Crippen LogP contribution in [0.4, 0.5) is 0 Å². The van der Waals surface area contributed by atoms with Crippen molar-refractivity contribution in [3.63, 3.8) is 0 Å². The van der Waals surface area contributed by atoms with Crippen LogP contribution in [-0.2, 0) is 32.2 Å². The van der Waals surface area contributed by atoms with Crippen LogP contribution in [0.25, 0.3) is 0 Å². The molecule has 0 aliphatic rings. The molecule has 0 fully saturated rings. The Kier molecular flexibility index (Phi) is 6.27. The quantitative estimate of drug-likeness (QED) is 0.479. The Morgan fingerprint density at radius 1 is 1.52 bits per heavy atom. The molecule has 0 unspecified atom stereocenters. The van der Waals surface area contributed by atoms with Crippen molar-refractivity contribution in [1.82, 2.24) is 20.3 Å². The second kappa shape index (κ2) is 7.94. The Morgan fingerprint density at radius 3 is 2.76 bits per heavy atom. The molecule has 1 aromatic heterocycles. The average Bonchev–Trinajstić information content (AvgIpc) is 2.90. The van der Waals surface area contributed by atoms with Crippen molar-refractivity contribution >= 4 is 17.8 Å². The molecule has 1 amide bonds. The Balaban J connectivity index is 2.51. The zero-order chi connectivity index (χ0) is 15.8. The van der Waals surface area contributed by atoms with Gasteiger partial charge in [0, 0.05) is 13.0 Å². The summed E-state index contributed by atoms with van der Waals surface area (Å²) in [7, 11) is 1.20. The molecule has 0 spiro atoms. The molecule has 21 heavy (non-hydrogen) atoms. The van der Waals surface area contributed by atoms with Crippen molar-refractivity contribution < 1.29 is 24.2 Å². The number of esters is 1. The highest BCUT2D eigenvalue weighted by molar-refractivity contribution is 5.83. The maximum Gasteiger partial charge on any atom is 0.326 e. The Labute approximate surface area is 120 Å². The Hall–Kier alpha value is -2.49. The van der Waals surface area contributed by atoms with Gasteiger partial charge in [-0.15, -0.1) is 5.10 Å². The first-order valence-electron chi connectivity index (χ1n) is 6.14. The first-order chi connectivity index (χ1) is 9.96.